The lowest BCUT2D eigenvalue weighted by molar-refractivity contribution is -0.154. The lowest BCUT2D eigenvalue weighted by Gasteiger charge is -2.16. The Morgan fingerprint density at radius 3 is 2.46 bits per heavy atom. The lowest BCUT2D eigenvalue weighted by atomic mass is 9.85. The van der Waals surface area contributed by atoms with Crippen molar-refractivity contribution in [1.29, 1.82) is 0 Å². The topological polar surface area (TPSA) is 92.8 Å². The molecule has 4 rings (SSSR count). The average molecular weight is 403 g/mol. The van der Waals surface area contributed by atoms with Gasteiger partial charge in [-0.2, -0.15) is 0 Å². The first kappa shape index (κ1) is 18.7. The normalized spacial score (nSPS) is 27.3. The van der Waals surface area contributed by atoms with E-state index in [-0.39, 0.29) is 35.5 Å². The fourth-order valence-electron chi connectivity index (χ4n) is 4.37. The molecule has 146 valence electrons. The second-order valence-corrected chi connectivity index (χ2v) is 7.79. The molecule has 0 spiro atoms. The van der Waals surface area contributed by atoms with Crippen LogP contribution in [-0.2, 0) is 23.9 Å². The van der Waals surface area contributed by atoms with E-state index in [9.17, 15) is 19.2 Å². The summed E-state index contributed by atoms with van der Waals surface area (Å²) in [7, 11) is 0. The summed E-state index contributed by atoms with van der Waals surface area (Å²) in [5, 5.41) is 3.12. The van der Waals surface area contributed by atoms with Crippen LogP contribution in [0.5, 0.6) is 0 Å². The van der Waals surface area contributed by atoms with Crippen molar-refractivity contribution in [3.8, 4) is 0 Å². The molecule has 2 bridgehead atoms. The van der Waals surface area contributed by atoms with E-state index >= 15 is 0 Å². The van der Waals surface area contributed by atoms with E-state index in [0.29, 0.717) is 16.3 Å². The Labute approximate surface area is 166 Å². The van der Waals surface area contributed by atoms with Crippen LogP contribution in [0.25, 0.3) is 0 Å². The smallest absolute Gasteiger partial charge is 0.326 e. The number of allylic oxidation sites excluding steroid dienone is 2. The van der Waals surface area contributed by atoms with Crippen LogP contribution in [-0.4, -0.2) is 41.7 Å². The van der Waals surface area contributed by atoms with E-state index in [1.54, 1.807) is 25.1 Å². The summed E-state index contributed by atoms with van der Waals surface area (Å²) in [6, 6.07) is 5.08. The molecule has 1 N–H and O–H groups in total. The number of likely N-dealkylation sites (tertiary alicyclic amines) is 1. The van der Waals surface area contributed by atoms with Gasteiger partial charge in [0, 0.05) is 10.7 Å². The number of halogens is 1. The summed E-state index contributed by atoms with van der Waals surface area (Å²) in [5.74, 6) is -2.50. The summed E-state index contributed by atoms with van der Waals surface area (Å²) in [6.07, 6.45) is 4.80. The number of benzene rings is 1. The van der Waals surface area contributed by atoms with Gasteiger partial charge in [-0.15, -0.1) is 0 Å². The number of fused-ring (bicyclic) bond motifs is 5. The number of rotatable bonds is 5. The second kappa shape index (κ2) is 7.05. The van der Waals surface area contributed by atoms with Crippen LogP contribution in [0.1, 0.15) is 12.0 Å². The summed E-state index contributed by atoms with van der Waals surface area (Å²) < 4.78 is 4.95. The first-order valence-corrected chi connectivity index (χ1v) is 9.48. The maximum Gasteiger partial charge on any atom is 0.326 e. The van der Waals surface area contributed by atoms with Gasteiger partial charge in [0.05, 0.1) is 11.8 Å². The highest BCUT2D eigenvalue weighted by atomic mass is 35.5. The van der Waals surface area contributed by atoms with E-state index in [4.69, 9.17) is 16.3 Å². The van der Waals surface area contributed by atoms with Gasteiger partial charge in [-0.25, -0.2) is 0 Å². The minimum Gasteiger partial charge on any atom is -0.454 e. The predicted octanol–water partition coefficient (Wildman–Crippen LogP) is 1.94. The van der Waals surface area contributed by atoms with E-state index < -0.39 is 25.0 Å². The van der Waals surface area contributed by atoms with Crippen LogP contribution in [0.15, 0.2) is 30.4 Å². The zero-order valence-electron chi connectivity index (χ0n) is 15.2. The molecular formula is C20H19ClN2O5. The Bertz CT molecular complexity index is 882. The summed E-state index contributed by atoms with van der Waals surface area (Å²) >= 11 is 6.00. The highest BCUT2D eigenvalue weighted by Gasteiger charge is 2.59. The Hall–Kier alpha value is -2.67. The van der Waals surface area contributed by atoms with Crippen LogP contribution in [0.2, 0.25) is 5.02 Å². The number of nitrogens with zero attached hydrogens (tertiary/aromatic N) is 1. The third-order valence-corrected chi connectivity index (χ3v) is 6.16. The van der Waals surface area contributed by atoms with E-state index in [2.05, 4.69) is 5.32 Å². The van der Waals surface area contributed by atoms with Gasteiger partial charge in [-0.3, -0.25) is 24.1 Å². The molecule has 8 heteroatoms. The van der Waals surface area contributed by atoms with Crippen molar-refractivity contribution in [3.63, 3.8) is 0 Å². The first-order chi connectivity index (χ1) is 13.4. The maximum atomic E-state index is 12.5. The lowest BCUT2D eigenvalue weighted by Crippen LogP contribution is -2.38. The Morgan fingerprint density at radius 1 is 1.18 bits per heavy atom. The van der Waals surface area contributed by atoms with Crippen molar-refractivity contribution in [1.82, 2.24) is 4.90 Å². The molecule has 1 aromatic rings. The molecule has 1 aliphatic heterocycles. The largest absolute Gasteiger partial charge is 0.454 e. The predicted molar refractivity (Wildman–Crippen MR) is 100 cm³/mol. The number of anilines is 1. The van der Waals surface area contributed by atoms with Crippen molar-refractivity contribution in [3.05, 3.63) is 40.9 Å². The van der Waals surface area contributed by atoms with Gasteiger partial charge in [-0.1, -0.05) is 29.8 Å². The highest BCUT2D eigenvalue weighted by molar-refractivity contribution is 6.31. The summed E-state index contributed by atoms with van der Waals surface area (Å²) in [6.45, 7) is 0.779. The maximum absolute atomic E-state index is 12.5. The van der Waals surface area contributed by atoms with Gasteiger partial charge in [0.25, 0.3) is 5.91 Å². The first-order valence-electron chi connectivity index (χ1n) is 9.11. The molecule has 2 aliphatic carbocycles. The van der Waals surface area contributed by atoms with Gasteiger partial charge in [0.2, 0.25) is 11.8 Å². The Morgan fingerprint density at radius 2 is 1.82 bits per heavy atom. The molecule has 3 aliphatic rings. The molecular weight excluding hydrogens is 384 g/mol. The third-order valence-electron chi connectivity index (χ3n) is 5.75. The molecule has 0 radical (unpaired) electrons. The zero-order valence-corrected chi connectivity index (χ0v) is 15.9. The highest BCUT2D eigenvalue weighted by Crippen LogP contribution is 2.52. The van der Waals surface area contributed by atoms with Gasteiger partial charge in [-0.05, 0) is 42.9 Å². The minimum atomic E-state index is -0.792. The van der Waals surface area contributed by atoms with E-state index in [1.807, 2.05) is 12.2 Å². The molecule has 1 saturated carbocycles. The van der Waals surface area contributed by atoms with E-state index in [1.165, 1.54) is 0 Å². The molecule has 7 nitrogen and oxygen atoms in total. The monoisotopic (exact) mass is 402 g/mol. The number of nitrogens with one attached hydrogen (secondary N) is 1. The number of esters is 1. The number of imide groups is 1. The van der Waals surface area contributed by atoms with Crippen molar-refractivity contribution in [2.24, 2.45) is 23.7 Å². The number of hydrogen-bond donors (Lipinski definition) is 1. The molecule has 0 unspecified atom stereocenters. The molecule has 3 amide bonds. The van der Waals surface area contributed by atoms with Crippen molar-refractivity contribution in [2.75, 3.05) is 18.5 Å². The molecule has 1 heterocycles. The summed E-state index contributed by atoms with van der Waals surface area (Å²) in [4.78, 5) is 50.2. The number of hydrogen-bond acceptors (Lipinski definition) is 5. The van der Waals surface area contributed by atoms with Crippen LogP contribution >= 0.6 is 11.6 Å². The molecule has 4 atom stereocenters. The van der Waals surface area contributed by atoms with Crippen LogP contribution in [0.4, 0.5) is 5.69 Å². The standard InChI is InChI=1S/C20H19ClN2O5/c1-10-13(21)3-2-4-14(10)22-15(24)9-28-16(25)8-23-19(26)17-11-5-6-12(7-11)18(17)20(23)27/h2-6,11-12,17-18H,7-9H2,1H3,(H,22,24)/t11-,12-,17-,18+/m0/s1. The van der Waals surface area contributed by atoms with E-state index in [0.717, 1.165) is 11.3 Å². The number of carbonyl (C=O) groups is 4. The van der Waals surface area contributed by atoms with Crippen molar-refractivity contribution < 1.29 is 23.9 Å². The Balaban J connectivity index is 1.30. The SMILES string of the molecule is Cc1c(Cl)cccc1NC(=O)COC(=O)CN1C(=O)[C@@H]2[C@H](C1=O)[C@H]1C=C[C@H]2C1. The van der Waals surface area contributed by atoms with Crippen molar-refractivity contribution >= 4 is 41.0 Å². The molecule has 0 aromatic heterocycles. The quantitative estimate of drug-likeness (QED) is 0.461. The van der Waals surface area contributed by atoms with Crippen LogP contribution in [0, 0.1) is 30.6 Å². The fourth-order valence-corrected chi connectivity index (χ4v) is 4.54. The fraction of sp³-hybridized carbons (Fsp3) is 0.400. The zero-order chi connectivity index (χ0) is 20.0. The molecule has 1 saturated heterocycles. The molecule has 28 heavy (non-hydrogen) atoms. The third kappa shape index (κ3) is 3.09. The average Bonchev–Trinajstić information content (AvgIpc) is 3.34. The van der Waals surface area contributed by atoms with Gasteiger partial charge >= 0.3 is 5.97 Å². The van der Waals surface area contributed by atoms with Gasteiger partial charge < -0.3 is 10.1 Å². The van der Waals surface area contributed by atoms with Crippen molar-refractivity contribution in [2.45, 2.75) is 13.3 Å². The minimum absolute atomic E-state index is 0.0826. The number of amides is 3. The molecule has 2 fully saturated rings. The van der Waals surface area contributed by atoms with Gasteiger partial charge in [0.15, 0.2) is 6.61 Å². The number of ether oxygens (including phenoxy) is 1. The van der Waals surface area contributed by atoms with Crippen LogP contribution in [0.3, 0.4) is 0 Å². The Kier molecular flexibility index (Phi) is 4.71. The van der Waals surface area contributed by atoms with Crippen LogP contribution < -0.4 is 5.32 Å². The second-order valence-electron chi connectivity index (χ2n) is 7.38. The number of carbonyl (C=O) groups excluding carboxylic acids is 4. The summed E-state index contributed by atoms with van der Waals surface area (Å²) in [5.41, 5.74) is 1.22. The molecule has 1 aromatic carbocycles. The van der Waals surface area contributed by atoms with Gasteiger partial charge in [0.1, 0.15) is 6.54 Å².